The average Bonchev–Trinajstić information content (AvgIpc) is 2.30. The molecule has 0 N–H and O–H groups in total. The van der Waals surface area contributed by atoms with E-state index in [0.717, 1.165) is 0 Å². The molecule has 1 aromatic rings. The molecule has 6 heteroatoms. The zero-order chi connectivity index (χ0) is 11.3. The van der Waals surface area contributed by atoms with Crippen molar-refractivity contribution in [1.82, 2.24) is 9.97 Å². The summed E-state index contributed by atoms with van der Waals surface area (Å²) in [5, 5.41) is 0. The van der Waals surface area contributed by atoms with Gasteiger partial charge in [-0.05, 0) is 6.07 Å². The van der Waals surface area contributed by atoms with Crippen molar-refractivity contribution in [3.63, 3.8) is 0 Å². The molecule has 0 saturated heterocycles. The van der Waals surface area contributed by atoms with Gasteiger partial charge in [0.1, 0.15) is 0 Å². The van der Waals surface area contributed by atoms with E-state index in [-0.39, 0.29) is 5.82 Å². The van der Waals surface area contributed by atoms with Crippen molar-refractivity contribution >= 4 is 11.9 Å². The van der Waals surface area contributed by atoms with E-state index in [1.807, 2.05) is 0 Å². The van der Waals surface area contributed by atoms with Gasteiger partial charge in [0.05, 0.1) is 14.2 Å². The highest BCUT2D eigenvalue weighted by Gasteiger charge is 2.32. The lowest BCUT2D eigenvalue weighted by Gasteiger charge is -2.09. The second kappa shape index (κ2) is 5.04. The predicted molar refractivity (Wildman–Crippen MR) is 48.8 cm³/mol. The number of hydrogen-bond donors (Lipinski definition) is 0. The van der Waals surface area contributed by atoms with E-state index in [1.54, 1.807) is 6.07 Å². The van der Waals surface area contributed by atoms with E-state index in [2.05, 4.69) is 19.4 Å². The maximum atomic E-state index is 11.3. The van der Waals surface area contributed by atoms with Crippen LogP contribution in [-0.4, -0.2) is 36.1 Å². The lowest BCUT2D eigenvalue weighted by Crippen LogP contribution is -2.26. The van der Waals surface area contributed by atoms with Gasteiger partial charge in [0.15, 0.2) is 5.82 Å². The van der Waals surface area contributed by atoms with Gasteiger partial charge in [-0.3, -0.25) is 9.59 Å². The third-order valence-electron chi connectivity index (χ3n) is 1.72. The molecule has 0 radical (unpaired) electrons. The summed E-state index contributed by atoms with van der Waals surface area (Å²) in [4.78, 5) is 30.2. The fourth-order valence-electron chi connectivity index (χ4n) is 1.00. The molecule has 1 heterocycles. The molecule has 0 amide bonds. The molecule has 0 aliphatic carbocycles. The Bertz CT molecular complexity index is 336. The minimum atomic E-state index is -1.22. The van der Waals surface area contributed by atoms with Crippen LogP contribution in [0.1, 0.15) is 11.7 Å². The molecule has 0 aromatic carbocycles. The van der Waals surface area contributed by atoms with Crippen molar-refractivity contribution in [1.29, 1.82) is 0 Å². The smallest absolute Gasteiger partial charge is 0.327 e. The molecule has 0 saturated carbocycles. The van der Waals surface area contributed by atoms with E-state index in [4.69, 9.17) is 0 Å². The van der Waals surface area contributed by atoms with Crippen molar-refractivity contribution < 1.29 is 19.1 Å². The summed E-state index contributed by atoms with van der Waals surface area (Å²) in [7, 11) is 2.36. The Balaban J connectivity index is 3.02. The number of ether oxygens (including phenoxy) is 2. The van der Waals surface area contributed by atoms with Crippen molar-refractivity contribution in [2.75, 3.05) is 14.2 Å². The van der Waals surface area contributed by atoms with Gasteiger partial charge in [0, 0.05) is 12.4 Å². The van der Waals surface area contributed by atoms with Crippen LogP contribution in [0.5, 0.6) is 0 Å². The minimum absolute atomic E-state index is 0.0659. The third kappa shape index (κ3) is 2.49. The number of carbonyl (C=O) groups is 2. The van der Waals surface area contributed by atoms with Crippen molar-refractivity contribution in [3.05, 3.63) is 24.3 Å². The second-order valence-electron chi connectivity index (χ2n) is 2.59. The summed E-state index contributed by atoms with van der Waals surface area (Å²) in [6.45, 7) is 0. The van der Waals surface area contributed by atoms with Gasteiger partial charge in [-0.2, -0.15) is 0 Å². The molecule has 6 nitrogen and oxygen atoms in total. The number of methoxy groups -OCH3 is 2. The number of aromatic nitrogens is 2. The van der Waals surface area contributed by atoms with Crippen LogP contribution in [0.15, 0.2) is 18.5 Å². The molecule has 0 unspecified atom stereocenters. The van der Waals surface area contributed by atoms with Crippen LogP contribution in [0.25, 0.3) is 0 Å². The van der Waals surface area contributed by atoms with Crippen LogP contribution >= 0.6 is 0 Å². The van der Waals surface area contributed by atoms with Crippen LogP contribution in [0.3, 0.4) is 0 Å². The lowest BCUT2D eigenvalue weighted by atomic mass is 10.1. The van der Waals surface area contributed by atoms with Crippen LogP contribution in [0.4, 0.5) is 0 Å². The molecular formula is C9H10N2O4. The highest BCUT2D eigenvalue weighted by atomic mass is 16.5. The first kappa shape index (κ1) is 11.1. The van der Waals surface area contributed by atoms with Crippen molar-refractivity contribution in [3.8, 4) is 0 Å². The number of rotatable bonds is 3. The Morgan fingerprint density at radius 1 is 1.13 bits per heavy atom. The van der Waals surface area contributed by atoms with Crippen LogP contribution < -0.4 is 0 Å². The Labute approximate surface area is 86.2 Å². The van der Waals surface area contributed by atoms with Gasteiger partial charge in [-0.1, -0.05) is 0 Å². The lowest BCUT2D eigenvalue weighted by molar-refractivity contribution is -0.154. The van der Waals surface area contributed by atoms with Gasteiger partial charge in [-0.25, -0.2) is 9.97 Å². The van der Waals surface area contributed by atoms with Crippen LogP contribution in [-0.2, 0) is 19.1 Å². The first-order chi connectivity index (χ1) is 7.20. The Kier molecular flexibility index (Phi) is 3.73. The van der Waals surface area contributed by atoms with E-state index in [9.17, 15) is 9.59 Å². The largest absolute Gasteiger partial charge is 0.468 e. The fourth-order valence-corrected chi connectivity index (χ4v) is 1.00. The standard InChI is InChI=1S/C9H10N2O4/c1-14-8(12)6(9(13)15-2)7-10-4-3-5-11-7/h3-6H,1-2H3. The molecule has 0 atom stereocenters. The number of nitrogens with zero attached hydrogens (tertiary/aromatic N) is 2. The highest BCUT2D eigenvalue weighted by molar-refractivity contribution is 5.99. The molecule has 80 valence electrons. The Morgan fingerprint density at radius 3 is 2.00 bits per heavy atom. The van der Waals surface area contributed by atoms with Gasteiger partial charge >= 0.3 is 11.9 Å². The van der Waals surface area contributed by atoms with Gasteiger partial charge in [0.2, 0.25) is 5.92 Å². The quantitative estimate of drug-likeness (QED) is 0.512. The summed E-state index contributed by atoms with van der Waals surface area (Å²) in [6.07, 6.45) is 2.86. The second-order valence-corrected chi connectivity index (χ2v) is 2.59. The van der Waals surface area contributed by atoms with Crippen molar-refractivity contribution in [2.45, 2.75) is 5.92 Å². The summed E-state index contributed by atoms with van der Waals surface area (Å²) >= 11 is 0. The number of esters is 2. The normalized spacial score (nSPS) is 9.80. The maximum Gasteiger partial charge on any atom is 0.327 e. The average molecular weight is 210 g/mol. The molecule has 0 bridgehead atoms. The summed E-state index contributed by atoms with van der Waals surface area (Å²) in [5.41, 5.74) is 0. The topological polar surface area (TPSA) is 78.4 Å². The van der Waals surface area contributed by atoms with E-state index in [1.165, 1.54) is 26.6 Å². The molecule has 15 heavy (non-hydrogen) atoms. The SMILES string of the molecule is COC(=O)C(C(=O)OC)c1ncccn1. The predicted octanol–water partition coefficient (Wildman–Crippen LogP) is -0.0938. The van der Waals surface area contributed by atoms with E-state index in [0.29, 0.717) is 0 Å². The summed E-state index contributed by atoms with van der Waals surface area (Å²) < 4.78 is 8.94. The minimum Gasteiger partial charge on any atom is -0.468 e. The monoisotopic (exact) mass is 210 g/mol. The summed E-state index contributed by atoms with van der Waals surface area (Å²) in [6, 6.07) is 1.58. The zero-order valence-electron chi connectivity index (χ0n) is 8.34. The van der Waals surface area contributed by atoms with Gasteiger partial charge < -0.3 is 9.47 Å². The zero-order valence-corrected chi connectivity index (χ0v) is 8.34. The third-order valence-corrected chi connectivity index (χ3v) is 1.72. The molecule has 0 spiro atoms. The van der Waals surface area contributed by atoms with Crippen LogP contribution in [0.2, 0.25) is 0 Å². The first-order valence-electron chi connectivity index (χ1n) is 4.13. The fraction of sp³-hybridized carbons (Fsp3) is 0.333. The van der Waals surface area contributed by atoms with Crippen molar-refractivity contribution in [2.24, 2.45) is 0 Å². The maximum absolute atomic E-state index is 11.3. The Morgan fingerprint density at radius 2 is 1.60 bits per heavy atom. The summed E-state index contributed by atoms with van der Waals surface area (Å²) in [5.74, 6) is -2.64. The van der Waals surface area contributed by atoms with Crippen LogP contribution in [0, 0.1) is 0 Å². The number of carbonyl (C=O) groups excluding carboxylic acids is 2. The van der Waals surface area contributed by atoms with Gasteiger partial charge in [-0.15, -0.1) is 0 Å². The molecule has 1 aromatic heterocycles. The molecule has 0 fully saturated rings. The molecule has 0 aliphatic heterocycles. The molecule has 0 aliphatic rings. The number of hydrogen-bond acceptors (Lipinski definition) is 6. The van der Waals surface area contributed by atoms with Gasteiger partial charge in [0.25, 0.3) is 0 Å². The first-order valence-corrected chi connectivity index (χ1v) is 4.13. The van der Waals surface area contributed by atoms with E-state index >= 15 is 0 Å². The molecule has 1 rings (SSSR count). The molecular weight excluding hydrogens is 200 g/mol. The Hall–Kier alpha value is -1.98. The van der Waals surface area contributed by atoms with E-state index < -0.39 is 17.9 Å². The highest BCUT2D eigenvalue weighted by Crippen LogP contribution is 2.13.